The van der Waals surface area contributed by atoms with Crippen molar-refractivity contribution in [3.8, 4) is 11.5 Å². The van der Waals surface area contributed by atoms with Gasteiger partial charge in [0.15, 0.2) is 11.5 Å². The van der Waals surface area contributed by atoms with Crippen LogP contribution in [0.1, 0.15) is 35.4 Å². The number of aryl methyl sites for hydroxylation is 1. The quantitative estimate of drug-likeness (QED) is 0.162. The third-order valence-corrected chi connectivity index (χ3v) is 12.4. The first-order valence-corrected chi connectivity index (χ1v) is 18.1. The van der Waals surface area contributed by atoms with Crippen LogP contribution in [0.3, 0.4) is 0 Å². The summed E-state index contributed by atoms with van der Waals surface area (Å²) in [5.41, 5.74) is 2.12. The van der Waals surface area contributed by atoms with E-state index in [2.05, 4.69) is 15.9 Å². The van der Waals surface area contributed by atoms with Crippen LogP contribution >= 0.6 is 39.1 Å². The predicted octanol–water partition coefficient (Wildman–Crippen LogP) is 8.15. The third-order valence-electron chi connectivity index (χ3n) is 11.2. The fourth-order valence-electron chi connectivity index (χ4n) is 9.01. The van der Waals surface area contributed by atoms with Crippen molar-refractivity contribution in [1.29, 1.82) is 0 Å². The summed E-state index contributed by atoms with van der Waals surface area (Å²) >= 11 is 16.3. The van der Waals surface area contributed by atoms with Crippen molar-refractivity contribution in [2.24, 2.45) is 23.7 Å². The van der Waals surface area contributed by atoms with Crippen molar-refractivity contribution in [3.63, 3.8) is 0 Å². The predicted molar refractivity (Wildman–Crippen MR) is 197 cm³/mol. The zero-order valence-electron chi connectivity index (χ0n) is 27.5. The smallest absolute Gasteiger partial charge is 0.246 e. The second kappa shape index (κ2) is 12.4. The standard InChI is InChI=1S/C40H31BrCl2N2O6/c1-20-11-12-25(18-31(20)43)44-36(47)27-14-13-26-28(33(27)38(44)49)19-29-37(48)45(24-10-6-9-23(42)17-24)39(50)40(29,22-7-4-3-5-8-22)34(26)21-15-30(41)35(46)32(16-21)51-2/h3-13,15-18,27-29,33-34,46H,14,19H2,1-2H3. The number of carbonyl (C=O) groups is 4. The lowest BCUT2D eigenvalue weighted by atomic mass is 9.49. The summed E-state index contributed by atoms with van der Waals surface area (Å²) in [6.45, 7) is 1.85. The molecule has 0 radical (unpaired) electrons. The Balaban J connectivity index is 1.37. The molecular formula is C40H31BrCl2N2O6. The molecule has 2 saturated heterocycles. The molecule has 2 aliphatic heterocycles. The first kappa shape index (κ1) is 33.7. The van der Waals surface area contributed by atoms with Crippen LogP contribution in [0.2, 0.25) is 10.0 Å². The van der Waals surface area contributed by atoms with E-state index in [1.165, 1.54) is 16.9 Å². The Morgan fingerprint density at radius 2 is 1.59 bits per heavy atom. The van der Waals surface area contributed by atoms with Gasteiger partial charge in [0, 0.05) is 16.0 Å². The number of aromatic hydroxyl groups is 1. The van der Waals surface area contributed by atoms with E-state index in [1.54, 1.807) is 54.6 Å². The molecule has 4 aromatic carbocycles. The maximum atomic E-state index is 15.4. The molecule has 11 heteroatoms. The molecule has 0 spiro atoms. The molecule has 1 saturated carbocycles. The number of rotatable bonds is 5. The van der Waals surface area contributed by atoms with Crippen LogP contribution in [0.25, 0.3) is 0 Å². The number of phenolic OH excluding ortho intramolecular Hbond substituents is 1. The highest BCUT2D eigenvalue weighted by Crippen LogP contribution is 2.65. The average Bonchev–Trinajstić information content (AvgIpc) is 3.51. The van der Waals surface area contributed by atoms with Crippen LogP contribution in [0, 0.1) is 30.6 Å². The molecule has 51 heavy (non-hydrogen) atoms. The van der Waals surface area contributed by atoms with Crippen molar-refractivity contribution in [1.82, 2.24) is 0 Å². The van der Waals surface area contributed by atoms with Gasteiger partial charge < -0.3 is 9.84 Å². The highest BCUT2D eigenvalue weighted by Gasteiger charge is 2.70. The molecule has 4 aliphatic rings. The number of imide groups is 2. The van der Waals surface area contributed by atoms with Gasteiger partial charge >= 0.3 is 0 Å². The number of hydrogen-bond donors (Lipinski definition) is 1. The number of hydrogen-bond acceptors (Lipinski definition) is 6. The number of ether oxygens (including phenoxy) is 1. The molecule has 6 atom stereocenters. The van der Waals surface area contributed by atoms with E-state index in [-0.39, 0.29) is 36.2 Å². The van der Waals surface area contributed by atoms with E-state index in [4.69, 9.17) is 27.9 Å². The van der Waals surface area contributed by atoms with Gasteiger partial charge in [-0.2, -0.15) is 0 Å². The lowest BCUT2D eigenvalue weighted by molar-refractivity contribution is -0.127. The molecule has 258 valence electrons. The monoisotopic (exact) mass is 784 g/mol. The number of anilines is 2. The average molecular weight is 787 g/mol. The van der Waals surface area contributed by atoms with Gasteiger partial charge in [-0.1, -0.05) is 77.3 Å². The molecule has 2 heterocycles. The number of benzene rings is 4. The van der Waals surface area contributed by atoms with Crippen LogP contribution in [-0.2, 0) is 24.6 Å². The van der Waals surface area contributed by atoms with E-state index in [9.17, 15) is 19.5 Å². The van der Waals surface area contributed by atoms with Crippen LogP contribution in [0.5, 0.6) is 11.5 Å². The molecule has 4 amide bonds. The Bertz CT molecular complexity index is 2210. The number of phenols is 1. The fourth-order valence-corrected chi connectivity index (χ4v) is 9.83. The summed E-state index contributed by atoms with van der Waals surface area (Å²) in [5.74, 6) is -5.18. The van der Waals surface area contributed by atoms with E-state index in [0.29, 0.717) is 37.0 Å². The zero-order valence-corrected chi connectivity index (χ0v) is 30.6. The summed E-state index contributed by atoms with van der Waals surface area (Å²) < 4.78 is 5.92. The van der Waals surface area contributed by atoms with Crippen molar-refractivity contribution in [2.45, 2.75) is 31.1 Å². The highest BCUT2D eigenvalue weighted by atomic mass is 79.9. The maximum absolute atomic E-state index is 15.4. The number of carbonyl (C=O) groups excluding carboxylic acids is 4. The van der Waals surface area contributed by atoms with E-state index in [0.717, 1.165) is 11.1 Å². The van der Waals surface area contributed by atoms with Crippen molar-refractivity contribution in [2.75, 3.05) is 16.9 Å². The Kier molecular flexibility index (Phi) is 8.16. The van der Waals surface area contributed by atoms with Gasteiger partial charge in [0.1, 0.15) is 0 Å². The Labute approximate surface area is 312 Å². The number of methoxy groups -OCH3 is 1. The molecule has 3 fully saturated rings. The largest absolute Gasteiger partial charge is 0.503 e. The molecule has 1 N–H and O–H groups in total. The Hall–Kier alpha value is -4.44. The van der Waals surface area contributed by atoms with Crippen molar-refractivity contribution >= 4 is 74.1 Å². The first-order valence-electron chi connectivity index (χ1n) is 16.6. The number of amides is 4. The summed E-state index contributed by atoms with van der Waals surface area (Å²) in [7, 11) is 1.44. The zero-order chi connectivity index (χ0) is 35.9. The van der Waals surface area contributed by atoms with E-state index >= 15 is 4.79 Å². The van der Waals surface area contributed by atoms with Crippen molar-refractivity contribution < 1.29 is 29.0 Å². The van der Waals surface area contributed by atoms with Crippen LogP contribution < -0.4 is 14.5 Å². The minimum Gasteiger partial charge on any atom is -0.503 e. The Morgan fingerprint density at radius 1 is 0.843 bits per heavy atom. The lowest BCUT2D eigenvalue weighted by Gasteiger charge is -2.50. The molecule has 0 bridgehead atoms. The van der Waals surface area contributed by atoms with E-state index < -0.39 is 46.8 Å². The number of fused-ring (bicyclic) bond motifs is 4. The van der Waals surface area contributed by atoms with Gasteiger partial charge in [0.2, 0.25) is 23.6 Å². The minimum atomic E-state index is -1.47. The second-order valence-corrected chi connectivity index (χ2v) is 15.3. The molecule has 6 unspecified atom stereocenters. The van der Waals surface area contributed by atoms with Gasteiger partial charge in [0.05, 0.1) is 46.1 Å². The normalized spacial score (nSPS) is 26.9. The highest BCUT2D eigenvalue weighted by molar-refractivity contribution is 9.10. The maximum Gasteiger partial charge on any atom is 0.246 e. The number of nitrogens with zero attached hydrogens (tertiary/aromatic N) is 2. The molecular weight excluding hydrogens is 755 g/mol. The minimum absolute atomic E-state index is 0.116. The van der Waals surface area contributed by atoms with Gasteiger partial charge in [-0.3, -0.25) is 19.2 Å². The molecule has 8 rings (SSSR count). The first-order chi connectivity index (χ1) is 24.5. The molecule has 2 aliphatic carbocycles. The second-order valence-electron chi connectivity index (χ2n) is 13.6. The summed E-state index contributed by atoms with van der Waals surface area (Å²) in [5, 5.41) is 11.7. The number of allylic oxidation sites excluding steroid dienone is 2. The van der Waals surface area contributed by atoms with Gasteiger partial charge in [-0.25, -0.2) is 9.80 Å². The van der Waals surface area contributed by atoms with Gasteiger partial charge in [-0.15, -0.1) is 0 Å². The molecule has 8 nitrogen and oxygen atoms in total. The fraction of sp³-hybridized carbons (Fsp3) is 0.250. The SMILES string of the molecule is COc1cc(C2C3=CCC4C(=O)N(c5ccc(C)c(Cl)c5)C(=O)C4C3CC3C(=O)N(c4cccc(Cl)c4)C(=O)C32c2ccccc2)cc(Br)c1O. The van der Waals surface area contributed by atoms with Gasteiger partial charge in [0.25, 0.3) is 0 Å². The molecule has 4 aromatic rings. The topological polar surface area (TPSA) is 104 Å². The van der Waals surface area contributed by atoms with Crippen LogP contribution in [0.4, 0.5) is 11.4 Å². The summed E-state index contributed by atoms with van der Waals surface area (Å²) in [6, 6.07) is 24.4. The lowest BCUT2D eigenvalue weighted by Crippen LogP contribution is -2.53. The van der Waals surface area contributed by atoms with Crippen LogP contribution in [0.15, 0.2) is 101 Å². The van der Waals surface area contributed by atoms with Gasteiger partial charge in [-0.05, 0) is 101 Å². The van der Waals surface area contributed by atoms with Crippen LogP contribution in [-0.4, -0.2) is 35.8 Å². The molecule has 0 aromatic heterocycles. The van der Waals surface area contributed by atoms with Crippen molar-refractivity contribution in [3.05, 3.63) is 128 Å². The van der Waals surface area contributed by atoms with E-state index in [1.807, 2.05) is 43.3 Å². The number of halogens is 3. The summed E-state index contributed by atoms with van der Waals surface area (Å²) in [6.07, 6.45) is 2.40. The summed E-state index contributed by atoms with van der Waals surface area (Å²) in [4.78, 5) is 61.4. The Morgan fingerprint density at radius 3 is 2.29 bits per heavy atom. The third kappa shape index (κ3) is 4.85.